The fourth-order valence-electron chi connectivity index (χ4n) is 2.40. The monoisotopic (exact) mass is 302 g/mol. The highest BCUT2D eigenvalue weighted by Gasteiger charge is 2.38. The molecule has 3 N–H and O–H groups in total. The fraction of sp³-hybridized carbons (Fsp3) is 0.188. The second-order valence-electron chi connectivity index (χ2n) is 4.78. The first-order valence-corrected chi connectivity index (χ1v) is 8.63. The number of rotatable bonds is 6. The third-order valence-electron chi connectivity index (χ3n) is 3.52. The maximum absolute atomic E-state index is 13.3. The number of benzene rings is 2. The van der Waals surface area contributed by atoms with Gasteiger partial charge in [-0.3, -0.25) is 15.2 Å². The average molecular weight is 302 g/mol. The SMILES string of the molecule is CC[C@@H](C(=O)c1ccccc1)[P@](=O)(NN)c1ccccc1. The van der Waals surface area contributed by atoms with Crippen LogP contribution >= 0.6 is 7.29 Å². The lowest BCUT2D eigenvalue weighted by atomic mass is 10.1. The van der Waals surface area contributed by atoms with Crippen molar-refractivity contribution in [1.82, 2.24) is 5.20 Å². The summed E-state index contributed by atoms with van der Waals surface area (Å²) in [6, 6.07) is 17.8. The van der Waals surface area contributed by atoms with E-state index in [1.54, 1.807) is 48.5 Å². The molecule has 0 aliphatic carbocycles. The Bertz CT molecular complexity index is 644. The smallest absolute Gasteiger partial charge is 0.199 e. The number of hydrogen-bond acceptors (Lipinski definition) is 3. The summed E-state index contributed by atoms with van der Waals surface area (Å²) in [5, 5.41) is 3.00. The molecule has 2 aromatic carbocycles. The van der Waals surface area contributed by atoms with Gasteiger partial charge in [0.2, 0.25) is 0 Å². The summed E-state index contributed by atoms with van der Waals surface area (Å²) in [4.78, 5) is 12.7. The summed E-state index contributed by atoms with van der Waals surface area (Å²) < 4.78 is 13.3. The second kappa shape index (κ2) is 6.81. The topological polar surface area (TPSA) is 72.2 Å². The van der Waals surface area contributed by atoms with E-state index < -0.39 is 13.0 Å². The van der Waals surface area contributed by atoms with E-state index in [4.69, 9.17) is 5.84 Å². The molecular formula is C16H19N2O2P. The lowest BCUT2D eigenvalue weighted by Gasteiger charge is -2.25. The van der Waals surface area contributed by atoms with Crippen LogP contribution in [0.25, 0.3) is 0 Å². The van der Waals surface area contributed by atoms with Crippen molar-refractivity contribution in [3.05, 3.63) is 66.2 Å². The van der Waals surface area contributed by atoms with Crippen LogP contribution in [-0.2, 0) is 4.57 Å². The molecule has 0 saturated carbocycles. The van der Waals surface area contributed by atoms with Crippen LogP contribution in [0.1, 0.15) is 23.7 Å². The molecule has 0 amide bonds. The molecule has 0 radical (unpaired) electrons. The number of Topliss-reactive ketones (excluding diaryl/α,β-unsaturated/α-hetero) is 1. The standard InChI is InChI=1S/C16H19N2O2P/c1-2-15(16(19)13-9-5-3-6-10-13)21(20,18-17)14-11-7-4-8-12-14/h3-12,15H,2,17H2,1H3,(H,18,20)/t15-,21-/m0/s1. The van der Waals surface area contributed by atoms with Gasteiger partial charge < -0.3 is 0 Å². The van der Waals surface area contributed by atoms with Crippen LogP contribution in [0.15, 0.2) is 60.7 Å². The molecule has 2 aromatic rings. The number of nitrogens with two attached hydrogens (primary N) is 1. The molecule has 0 bridgehead atoms. The third-order valence-corrected chi connectivity index (χ3v) is 6.44. The van der Waals surface area contributed by atoms with Crippen molar-refractivity contribution in [2.45, 2.75) is 19.0 Å². The molecule has 21 heavy (non-hydrogen) atoms. The van der Waals surface area contributed by atoms with E-state index in [2.05, 4.69) is 5.20 Å². The van der Waals surface area contributed by atoms with E-state index in [9.17, 15) is 9.36 Å². The Balaban J connectivity index is 2.44. The number of ketones is 1. The van der Waals surface area contributed by atoms with Gasteiger partial charge in [-0.2, -0.15) is 0 Å². The maximum Gasteiger partial charge on any atom is 0.199 e. The summed E-state index contributed by atoms with van der Waals surface area (Å²) in [6.45, 7) is 1.85. The van der Waals surface area contributed by atoms with E-state index in [1.807, 2.05) is 19.1 Å². The Morgan fingerprint density at radius 1 is 1.10 bits per heavy atom. The molecule has 110 valence electrons. The molecule has 4 nitrogen and oxygen atoms in total. The minimum absolute atomic E-state index is 0.150. The van der Waals surface area contributed by atoms with Gasteiger partial charge in [0.25, 0.3) is 0 Å². The van der Waals surface area contributed by atoms with Gasteiger partial charge in [0.1, 0.15) is 0 Å². The molecule has 0 aliphatic rings. The minimum atomic E-state index is -3.21. The van der Waals surface area contributed by atoms with E-state index >= 15 is 0 Å². The molecule has 0 unspecified atom stereocenters. The predicted molar refractivity (Wildman–Crippen MR) is 85.9 cm³/mol. The fourth-order valence-corrected chi connectivity index (χ4v) is 4.69. The van der Waals surface area contributed by atoms with E-state index in [0.29, 0.717) is 17.3 Å². The first-order chi connectivity index (χ1) is 10.1. The van der Waals surface area contributed by atoms with Gasteiger partial charge >= 0.3 is 0 Å². The van der Waals surface area contributed by atoms with Crippen LogP contribution < -0.4 is 16.3 Å². The van der Waals surface area contributed by atoms with Crippen LogP contribution in [0.5, 0.6) is 0 Å². The Hall–Kier alpha value is -1.74. The summed E-state index contributed by atoms with van der Waals surface area (Å²) >= 11 is 0. The number of hydrazine groups is 1. The molecular weight excluding hydrogens is 283 g/mol. The van der Waals surface area contributed by atoms with E-state index in [-0.39, 0.29) is 5.78 Å². The van der Waals surface area contributed by atoms with Crippen LogP contribution in [0.3, 0.4) is 0 Å². The molecule has 0 heterocycles. The van der Waals surface area contributed by atoms with Gasteiger partial charge in [0.15, 0.2) is 13.1 Å². The Kier molecular flexibility index (Phi) is 5.07. The van der Waals surface area contributed by atoms with Crippen molar-refractivity contribution in [3.63, 3.8) is 0 Å². The van der Waals surface area contributed by atoms with Crippen molar-refractivity contribution < 1.29 is 9.36 Å². The second-order valence-corrected chi connectivity index (χ2v) is 7.49. The van der Waals surface area contributed by atoms with Gasteiger partial charge in [0.05, 0.1) is 5.66 Å². The molecule has 0 aliphatic heterocycles. The Morgan fingerprint density at radius 3 is 2.10 bits per heavy atom. The van der Waals surface area contributed by atoms with Crippen molar-refractivity contribution in [1.29, 1.82) is 0 Å². The first kappa shape index (κ1) is 15.6. The quantitative estimate of drug-likeness (QED) is 0.372. The van der Waals surface area contributed by atoms with Gasteiger partial charge in [0, 0.05) is 10.9 Å². The molecule has 0 aromatic heterocycles. The summed E-state index contributed by atoms with van der Waals surface area (Å²) in [5.74, 6) is 5.42. The highest BCUT2D eigenvalue weighted by atomic mass is 31.2. The average Bonchev–Trinajstić information content (AvgIpc) is 2.56. The predicted octanol–water partition coefficient (Wildman–Crippen LogP) is 2.71. The highest BCUT2D eigenvalue weighted by molar-refractivity contribution is 7.71. The van der Waals surface area contributed by atoms with Crippen LogP contribution in [0, 0.1) is 0 Å². The van der Waals surface area contributed by atoms with Crippen molar-refractivity contribution in [2.75, 3.05) is 0 Å². The zero-order valence-electron chi connectivity index (χ0n) is 11.9. The summed E-state index contributed by atoms with van der Waals surface area (Å²) in [7, 11) is -3.21. The Labute approximate surface area is 124 Å². The molecule has 0 fully saturated rings. The first-order valence-electron chi connectivity index (χ1n) is 6.86. The van der Waals surface area contributed by atoms with Crippen LogP contribution in [0.2, 0.25) is 0 Å². The number of carbonyl (C=O) groups is 1. The number of hydrogen-bond donors (Lipinski definition) is 2. The lowest BCUT2D eigenvalue weighted by Crippen LogP contribution is -2.36. The van der Waals surface area contributed by atoms with Crippen LogP contribution in [-0.4, -0.2) is 11.4 Å². The molecule has 5 heteroatoms. The number of nitrogens with one attached hydrogen (secondary N) is 1. The zero-order valence-corrected chi connectivity index (χ0v) is 12.8. The van der Waals surface area contributed by atoms with Gasteiger partial charge in [-0.25, -0.2) is 5.20 Å². The van der Waals surface area contributed by atoms with Gasteiger partial charge in [-0.1, -0.05) is 67.6 Å². The minimum Gasteiger partial charge on any atom is -0.300 e. The van der Waals surface area contributed by atoms with Crippen molar-refractivity contribution in [2.24, 2.45) is 5.84 Å². The largest absolute Gasteiger partial charge is 0.300 e. The van der Waals surface area contributed by atoms with Gasteiger partial charge in [-0.15, -0.1) is 0 Å². The highest BCUT2D eigenvalue weighted by Crippen LogP contribution is 2.47. The summed E-state index contributed by atoms with van der Waals surface area (Å²) in [5.41, 5.74) is -0.122. The van der Waals surface area contributed by atoms with Gasteiger partial charge in [-0.05, 0) is 6.42 Å². The van der Waals surface area contributed by atoms with Crippen molar-refractivity contribution in [3.8, 4) is 0 Å². The molecule has 2 atom stereocenters. The number of carbonyl (C=O) groups excluding carboxylic acids is 1. The summed E-state index contributed by atoms with van der Waals surface area (Å²) in [6.07, 6.45) is 0.449. The Morgan fingerprint density at radius 2 is 1.62 bits per heavy atom. The zero-order chi connectivity index (χ0) is 15.3. The molecule has 2 rings (SSSR count). The maximum atomic E-state index is 13.3. The van der Waals surface area contributed by atoms with E-state index in [1.165, 1.54) is 0 Å². The molecule has 0 saturated heterocycles. The lowest BCUT2D eigenvalue weighted by molar-refractivity contribution is 0.0984. The van der Waals surface area contributed by atoms with Crippen LogP contribution in [0.4, 0.5) is 0 Å². The van der Waals surface area contributed by atoms with Crippen molar-refractivity contribution >= 4 is 18.4 Å². The normalized spacial score (nSPS) is 15.1. The third kappa shape index (κ3) is 3.13. The molecule has 0 spiro atoms. The van der Waals surface area contributed by atoms with E-state index in [0.717, 1.165) is 0 Å².